The van der Waals surface area contributed by atoms with Crippen LogP contribution in [0.15, 0.2) is 0 Å². The normalized spacial score (nSPS) is 51.4. The molecule has 2 saturated heterocycles. The summed E-state index contributed by atoms with van der Waals surface area (Å²) in [4.78, 5) is 0. The molecule has 142 valence electrons. The molecule has 2 rings (SSSR count). The summed E-state index contributed by atoms with van der Waals surface area (Å²) in [6, 6.07) is 0. The van der Waals surface area contributed by atoms with Crippen molar-refractivity contribution in [3.63, 3.8) is 0 Å². The molecule has 0 amide bonds. The molecule has 10 heteroatoms. The number of aliphatic hydroxyl groups excluding tert-OH is 7. The number of rotatable bonds is 4. The Bertz CT molecular complexity index is 407. The van der Waals surface area contributed by atoms with E-state index in [0.717, 1.165) is 0 Å². The number of aliphatic hydroxyl groups is 7. The number of ether oxygens (including phenoxy) is 3. The minimum absolute atomic E-state index is 0.530. The smallest absolute Gasteiger partial charge is 0.184 e. The second-order valence-corrected chi connectivity index (χ2v) is 6.31. The Morgan fingerprint density at radius 2 is 1.38 bits per heavy atom. The van der Waals surface area contributed by atoms with E-state index in [-0.39, 0.29) is 0 Å². The van der Waals surface area contributed by atoms with Gasteiger partial charge in [0.05, 0.1) is 18.8 Å². The summed E-state index contributed by atoms with van der Waals surface area (Å²) in [5, 5.41) is 68.8. The third-order valence-corrected chi connectivity index (χ3v) is 4.57. The Labute approximate surface area is 138 Å². The average Bonchev–Trinajstić information content (AvgIpc) is 2.56. The third kappa shape index (κ3) is 3.73. The number of hydrogen-bond acceptors (Lipinski definition) is 10. The van der Waals surface area contributed by atoms with Crippen molar-refractivity contribution < 1.29 is 50.0 Å². The van der Waals surface area contributed by atoms with Crippen molar-refractivity contribution in [2.24, 2.45) is 0 Å². The van der Waals surface area contributed by atoms with E-state index >= 15 is 0 Å². The van der Waals surface area contributed by atoms with Gasteiger partial charge in [0, 0.05) is 0 Å². The highest BCUT2D eigenvalue weighted by molar-refractivity contribution is 4.95. The van der Waals surface area contributed by atoms with E-state index in [4.69, 9.17) is 14.2 Å². The van der Waals surface area contributed by atoms with E-state index < -0.39 is 73.9 Å². The van der Waals surface area contributed by atoms with Crippen molar-refractivity contribution in [2.45, 2.75) is 81.2 Å². The summed E-state index contributed by atoms with van der Waals surface area (Å²) >= 11 is 0. The lowest BCUT2D eigenvalue weighted by Crippen LogP contribution is -2.63. The van der Waals surface area contributed by atoms with Crippen LogP contribution in [-0.4, -0.2) is 110 Å². The quantitative estimate of drug-likeness (QED) is 0.247. The maximum Gasteiger partial charge on any atom is 0.184 e. The molecule has 0 spiro atoms. The van der Waals surface area contributed by atoms with Crippen LogP contribution in [0.2, 0.25) is 0 Å². The summed E-state index contributed by atoms with van der Waals surface area (Å²) in [5.74, 6) is 0. The van der Waals surface area contributed by atoms with E-state index in [9.17, 15) is 35.7 Å². The first kappa shape index (κ1) is 19.9. The van der Waals surface area contributed by atoms with Gasteiger partial charge >= 0.3 is 0 Å². The SMILES string of the molecule is CC1OC(C(O)OC2C(CO)OC(C)C(O)C2O)C(O)C(O)C1O. The van der Waals surface area contributed by atoms with Crippen LogP contribution in [0.25, 0.3) is 0 Å². The summed E-state index contributed by atoms with van der Waals surface area (Å²) in [7, 11) is 0. The molecule has 2 heterocycles. The zero-order chi connectivity index (χ0) is 18.2. The minimum Gasteiger partial charge on any atom is -0.394 e. The fourth-order valence-electron chi connectivity index (χ4n) is 3.00. The summed E-state index contributed by atoms with van der Waals surface area (Å²) in [5.41, 5.74) is 0. The fraction of sp³-hybridized carbons (Fsp3) is 1.00. The van der Waals surface area contributed by atoms with Gasteiger partial charge < -0.3 is 50.0 Å². The van der Waals surface area contributed by atoms with Crippen molar-refractivity contribution in [1.29, 1.82) is 0 Å². The molecule has 7 N–H and O–H groups in total. The van der Waals surface area contributed by atoms with Crippen LogP contribution in [0.3, 0.4) is 0 Å². The predicted molar refractivity (Wildman–Crippen MR) is 76.7 cm³/mol. The Balaban J connectivity index is 2.08. The standard InChI is InChI=1S/C14H26O10/c1-4-8(17)10(19)12(6(3-15)22-4)24-14(21)13-11(20)9(18)7(16)5(2)23-13/h4-21H,3H2,1-2H3. The van der Waals surface area contributed by atoms with Gasteiger partial charge in [0.25, 0.3) is 0 Å². The molecule has 11 unspecified atom stereocenters. The molecule has 10 nitrogen and oxygen atoms in total. The van der Waals surface area contributed by atoms with Crippen LogP contribution in [0.4, 0.5) is 0 Å². The minimum atomic E-state index is -1.80. The first-order chi connectivity index (χ1) is 11.2. The van der Waals surface area contributed by atoms with E-state index in [1.807, 2.05) is 0 Å². The molecule has 0 aliphatic carbocycles. The monoisotopic (exact) mass is 354 g/mol. The lowest BCUT2D eigenvalue weighted by atomic mass is 9.94. The van der Waals surface area contributed by atoms with Crippen molar-refractivity contribution in [2.75, 3.05) is 6.61 Å². The molecular formula is C14H26O10. The van der Waals surface area contributed by atoms with Crippen LogP contribution < -0.4 is 0 Å². The Morgan fingerprint density at radius 1 is 0.833 bits per heavy atom. The molecule has 11 atom stereocenters. The van der Waals surface area contributed by atoms with Gasteiger partial charge in [-0.25, -0.2) is 0 Å². The van der Waals surface area contributed by atoms with Gasteiger partial charge in [-0.05, 0) is 13.8 Å². The molecule has 0 aromatic rings. The Kier molecular flexibility index (Phi) is 6.53. The van der Waals surface area contributed by atoms with Gasteiger partial charge in [0.15, 0.2) is 6.29 Å². The van der Waals surface area contributed by atoms with Crippen molar-refractivity contribution in [3.05, 3.63) is 0 Å². The zero-order valence-corrected chi connectivity index (χ0v) is 13.4. The average molecular weight is 354 g/mol. The fourth-order valence-corrected chi connectivity index (χ4v) is 3.00. The van der Waals surface area contributed by atoms with Crippen molar-refractivity contribution in [3.8, 4) is 0 Å². The summed E-state index contributed by atoms with van der Waals surface area (Å²) in [6.07, 6.45) is -14.4. The highest BCUT2D eigenvalue weighted by Crippen LogP contribution is 2.28. The molecular weight excluding hydrogens is 328 g/mol. The van der Waals surface area contributed by atoms with Crippen LogP contribution in [-0.2, 0) is 14.2 Å². The molecule has 0 aromatic carbocycles. The number of hydrogen-bond donors (Lipinski definition) is 7. The Morgan fingerprint density at radius 3 is 1.96 bits per heavy atom. The van der Waals surface area contributed by atoms with E-state index in [2.05, 4.69) is 0 Å². The highest BCUT2D eigenvalue weighted by Gasteiger charge is 2.49. The van der Waals surface area contributed by atoms with Gasteiger partial charge in [0.1, 0.15) is 48.8 Å². The van der Waals surface area contributed by atoms with E-state index in [1.54, 1.807) is 0 Å². The highest BCUT2D eigenvalue weighted by atomic mass is 16.7. The topological polar surface area (TPSA) is 169 Å². The van der Waals surface area contributed by atoms with E-state index in [0.29, 0.717) is 0 Å². The first-order valence-corrected chi connectivity index (χ1v) is 7.84. The first-order valence-electron chi connectivity index (χ1n) is 7.84. The molecule has 24 heavy (non-hydrogen) atoms. The molecule has 0 bridgehead atoms. The van der Waals surface area contributed by atoms with Crippen LogP contribution in [0.1, 0.15) is 13.8 Å². The maximum atomic E-state index is 10.2. The van der Waals surface area contributed by atoms with Crippen molar-refractivity contribution in [1.82, 2.24) is 0 Å². The molecule has 2 aliphatic heterocycles. The molecule has 2 aliphatic rings. The predicted octanol–water partition coefficient (Wildman–Crippen LogP) is -3.94. The van der Waals surface area contributed by atoms with Crippen molar-refractivity contribution >= 4 is 0 Å². The van der Waals surface area contributed by atoms with Gasteiger partial charge in [-0.1, -0.05) is 0 Å². The lowest BCUT2D eigenvalue weighted by molar-refractivity contribution is -0.319. The summed E-state index contributed by atoms with van der Waals surface area (Å²) < 4.78 is 15.8. The summed E-state index contributed by atoms with van der Waals surface area (Å²) in [6.45, 7) is 2.42. The largest absolute Gasteiger partial charge is 0.394 e. The molecule has 0 saturated carbocycles. The van der Waals surface area contributed by atoms with Gasteiger partial charge in [-0.2, -0.15) is 0 Å². The maximum absolute atomic E-state index is 10.2. The second kappa shape index (κ2) is 7.87. The van der Waals surface area contributed by atoms with E-state index in [1.165, 1.54) is 13.8 Å². The van der Waals surface area contributed by atoms with Crippen LogP contribution in [0, 0.1) is 0 Å². The molecule has 2 fully saturated rings. The third-order valence-electron chi connectivity index (χ3n) is 4.57. The van der Waals surface area contributed by atoms with Gasteiger partial charge in [-0.3, -0.25) is 0 Å². The van der Waals surface area contributed by atoms with Crippen LogP contribution >= 0.6 is 0 Å². The molecule has 0 aromatic heterocycles. The Hall–Kier alpha value is -0.400. The molecule has 0 radical (unpaired) electrons. The lowest BCUT2D eigenvalue weighted by Gasteiger charge is -2.45. The van der Waals surface area contributed by atoms with Crippen LogP contribution in [0.5, 0.6) is 0 Å². The van der Waals surface area contributed by atoms with Gasteiger partial charge in [0.2, 0.25) is 0 Å². The van der Waals surface area contributed by atoms with Gasteiger partial charge in [-0.15, -0.1) is 0 Å². The second-order valence-electron chi connectivity index (χ2n) is 6.31. The zero-order valence-electron chi connectivity index (χ0n) is 13.4.